The summed E-state index contributed by atoms with van der Waals surface area (Å²) < 4.78 is 60.7. The van der Waals surface area contributed by atoms with Crippen molar-refractivity contribution in [3.05, 3.63) is 23.3 Å². The van der Waals surface area contributed by atoms with Crippen molar-refractivity contribution in [2.75, 3.05) is 21.7 Å². The number of carboxylic acid groups (broad SMARTS) is 2. The fourth-order valence-corrected chi connectivity index (χ4v) is 5.54. The predicted molar refractivity (Wildman–Crippen MR) is 267 cm³/mol. The van der Waals surface area contributed by atoms with Crippen LogP contribution in [0.25, 0.3) is 0 Å². The summed E-state index contributed by atoms with van der Waals surface area (Å²) in [6.07, 6.45) is -4.29. The van der Waals surface area contributed by atoms with Crippen LogP contribution in [0, 0.1) is 13.8 Å². The SMILES string of the molecule is CC(C)(C)OC(=O)Nc1nc(C(=O)C(=O)O)ns1.CC(C)(C)OC(=O)Nc1nc(CC(=O)O)ns1.CC(C)(C)OC(=O)OC(=O)OC(C)(C)C.Cc1nsc(N)n1.Cc1nsc(NC(=O)OC(C)(C)C)n1.O=[Se]=O. The average molecular weight is 1190 g/mol. The number of hydrogen-bond acceptors (Lipinski definition) is 29. The first kappa shape index (κ1) is 69.4. The van der Waals surface area contributed by atoms with Crippen molar-refractivity contribution < 1.29 is 84.7 Å². The van der Waals surface area contributed by atoms with Crippen LogP contribution in [0.2, 0.25) is 0 Å². The number of carboxylic acids is 2. The van der Waals surface area contributed by atoms with E-state index < -0.39 is 97.0 Å². The summed E-state index contributed by atoms with van der Waals surface area (Å²) in [4.78, 5) is 103. The van der Waals surface area contributed by atoms with Gasteiger partial charge in [-0.3, -0.25) is 25.5 Å². The molecule has 4 heterocycles. The van der Waals surface area contributed by atoms with Crippen molar-refractivity contribution >= 4 is 130 Å². The number of carbonyl (C=O) groups is 8. The van der Waals surface area contributed by atoms with Gasteiger partial charge in [0, 0.05) is 46.1 Å². The summed E-state index contributed by atoms with van der Waals surface area (Å²) in [6, 6.07) is 0. The molecular weight excluding hydrogens is 1130 g/mol. The molecule has 0 aromatic carbocycles. The summed E-state index contributed by atoms with van der Waals surface area (Å²) in [6.45, 7) is 29.3. The van der Waals surface area contributed by atoms with Gasteiger partial charge in [-0.1, -0.05) is 0 Å². The molecule has 7 N–H and O–H groups in total. The van der Waals surface area contributed by atoms with E-state index in [9.17, 15) is 38.4 Å². The third-order valence-corrected chi connectivity index (χ3v) is 8.10. The molecule has 0 fully saturated rings. The Morgan fingerprint density at radius 3 is 1.15 bits per heavy atom. The molecule has 4 aromatic rings. The van der Waals surface area contributed by atoms with E-state index in [-0.39, 0.29) is 22.5 Å². The number of nitrogens with one attached hydrogen (secondary N) is 3. The first-order valence-corrected chi connectivity index (χ1v) is 25.1. The summed E-state index contributed by atoms with van der Waals surface area (Å²) in [5.74, 6) is -2.83. The van der Waals surface area contributed by atoms with Crippen molar-refractivity contribution in [1.29, 1.82) is 0 Å². The fourth-order valence-electron chi connectivity index (χ4n) is 3.42. The van der Waals surface area contributed by atoms with E-state index in [1.807, 2.05) is 6.92 Å². The van der Waals surface area contributed by atoms with Crippen LogP contribution < -0.4 is 21.7 Å². The van der Waals surface area contributed by atoms with E-state index in [0.717, 1.165) is 28.9 Å². The van der Waals surface area contributed by atoms with Crippen molar-refractivity contribution in [2.24, 2.45) is 0 Å². The Balaban J connectivity index is 0. The van der Waals surface area contributed by atoms with Gasteiger partial charge < -0.3 is 44.4 Å². The molecule has 0 aliphatic rings. The van der Waals surface area contributed by atoms with Gasteiger partial charge >= 0.3 is 70.8 Å². The van der Waals surface area contributed by atoms with E-state index in [1.54, 1.807) is 111 Å². The summed E-state index contributed by atoms with van der Waals surface area (Å²) in [5, 5.41) is 25.3. The van der Waals surface area contributed by atoms with Crippen LogP contribution in [0.5, 0.6) is 0 Å². The number of nitrogens with two attached hydrogens (primary N) is 1. The van der Waals surface area contributed by atoms with Gasteiger partial charge in [0.1, 0.15) is 46.1 Å². The zero-order chi connectivity index (χ0) is 58.0. The third kappa shape index (κ3) is 39.9. The molecule has 35 heteroatoms. The number of ether oxygens (including phenoxy) is 6. The fraction of sp³-hybridized carbons (Fsp3) is 0.590. The van der Waals surface area contributed by atoms with Gasteiger partial charge in [0.2, 0.25) is 21.2 Å². The molecule has 0 unspecified atom stereocenters. The summed E-state index contributed by atoms with van der Waals surface area (Å²) in [7, 11) is 0. The molecule has 0 aliphatic carbocycles. The molecule has 0 aliphatic heterocycles. The van der Waals surface area contributed by atoms with Crippen LogP contribution in [-0.2, 0) is 52.1 Å². The minimum atomic E-state index is -1.66. The van der Waals surface area contributed by atoms with Crippen LogP contribution in [0.4, 0.5) is 44.5 Å². The molecule has 0 bridgehead atoms. The molecule has 0 saturated carbocycles. The molecule has 4 aromatic heterocycles. The molecule has 414 valence electrons. The maximum atomic E-state index is 11.3. The van der Waals surface area contributed by atoms with Gasteiger partial charge in [0.25, 0.3) is 0 Å². The molecule has 74 heavy (non-hydrogen) atoms. The average Bonchev–Trinajstić information content (AvgIpc) is 3.98. The minimum absolute atomic E-state index is 0.00569. The van der Waals surface area contributed by atoms with Crippen molar-refractivity contribution in [3.63, 3.8) is 0 Å². The zero-order valence-corrected chi connectivity index (χ0v) is 48.3. The number of Topliss-reactive ketones (excluding diaryl/α,β-unsaturated/α-hetero) is 1. The molecule has 0 radical (unpaired) electrons. The summed E-state index contributed by atoms with van der Waals surface area (Å²) in [5.41, 5.74) is 2.07. The van der Waals surface area contributed by atoms with Crippen molar-refractivity contribution in [2.45, 2.75) is 152 Å². The van der Waals surface area contributed by atoms with Gasteiger partial charge in [-0.15, -0.1) is 0 Å². The molecule has 30 nitrogen and oxygen atoms in total. The molecule has 0 spiro atoms. The van der Waals surface area contributed by atoms with E-state index in [2.05, 4.69) is 58.1 Å². The Bertz CT molecular complexity index is 2470. The Morgan fingerprint density at radius 1 is 0.514 bits per heavy atom. The Hall–Kier alpha value is -6.68. The van der Waals surface area contributed by atoms with E-state index >= 15 is 0 Å². The molecule has 3 amide bonds. The Kier molecular flexibility index (Phi) is 29.8. The van der Waals surface area contributed by atoms with Crippen LogP contribution in [-0.4, -0.2) is 139 Å². The van der Waals surface area contributed by atoms with Crippen LogP contribution in [0.15, 0.2) is 0 Å². The molecule has 0 atom stereocenters. The number of ketones is 1. The number of anilines is 4. The third-order valence-electron chi connectivity index (χ3n) is 5.44. The first-order valence-electron chi connectivity index (χ1n) is 20.6. The maximum absolute atomic E-state index is 11.3. The van der Waals surface area contributed by atoms with Gasteiger partial charge in [-0.25, -0.2) is 43.7 Å². The zero-order valence-electron chi connectivity index (χ0n) is 43.3. The monoisotopic (exact) mass is 1190 g/mol. The van der Waals surface area contributed by atoms with Gasteiger partial charge in [0.05, 0.1) is 0 Å². The Labute approximate surface area is 446 Å². The van der Waals surface area contributed by atoms with Crippen LogP contribution >= 0.6 is 46.1 Å². The molecule has 0 saturated heterocycles. The second-order valence-corrected chi connectivity index (χ2v) is 21.8. The number of aliphatic carboxylic acids is 2. The molecule has 4 rings (SSSR count). The number of amides is 3. The molecular formula is C39H60N12O18S4Se. The van der Waals surface area contributed by atoms with Crippen molar-refractivity contribution in [3.8, 4) is 0 Å². The second-order valence-electron chi connectivity index (χ2n) is 18.4. The number of hydrogen-bond donors (Lipinski definition) is 6. The van der Waals surface area contributed by atoms with E-state index in [0.29, 0.717) is 27.6 Å². The first-order chi connectivity index (χ1) is 33.5. The van der Waals surface area contributed by atoms with Gasteiger partial charge in [-0.2, -0.15) is 22.5 Å². The number of aromatic nitrogens is 8. The Morgan fingerprint density at radius 2 is 0.851 bits per heavy atom. The number of rotatable bonds is 7. The van der Waals surface area contributed by atoms with Crippen LogP contribution in [0.1, 0.15) is 132 Å². The number of carbonyl (C=O) groups excluding carboxylic acids is 6. The normalized spacial score (nSPS) is 10.7. The van der Waals surface area contributed by atoms with Gasteiger partial charge in [-0.05, 0) is 118 Å². The van der Waals surface area contributed by atoms with E-state index in [4.69, 9.17) is 47.3 Å². The summed E-state index contributed by atoms with van der Waals surface area (Å²) >= 11 is 2.33. The van der Waals surface area contributed by atoms with Crippen molar-refractivity contribution in [1.82, 2.24) is 37.4 Å². The number of nitrogens with zero attached hydrogens (tertiary/aromatic N) is 8. The van der Waals surface area contributed by atoms with Crippen LogP contribution in [0.3, 0.4) is 0 Å². The topological polar surface area (TPSA) is 432 Å². The number of nitrogen functional groups attached to an aromatic ring is 1. The van der Waals surface area contributed by atoms with E-state index in [1.165, 1.54) is 11.5 Å². The number of aryl methyl sites for hydroxylation is 2. The van der Waals surface area contributed by atoms with Gasteiger partial charge in [0.15, 0.2) is 11.0 Å². The standard InChI is InChI=1S/C10H18O5.C9H11N3O5S.C9H13N3O4S.C8H13N3O2S.C3H5N3S.O2Se/c1-9(2,3)14-7(11)13-8(12)15-10(4,5)6;1-9(2,3)17-8(16)11-7-10-5(12-18-7)4(13)6(14)15;1-9(2,3)16-8(15)11-7-10-5(12-17-7)4-6(13)14;1-5-9-6(14-11-5)10-7(12)13-8(2,3)4;1-2-5-3(4)7-6-2;1-3-2/h1-6H3;1-3H3,(H,14,15)(H,10,11,12,16);4H2,1-3H3,(H,13,14)(H,10,11,12,15);1-4H3,(H,9,10,11,12);1H3,(H2,4,5,6);. The predicted octanol–water partition coefficient (Wildman–Crippen LogP) is 7.54. The second kappa shape index (κ2) is 31.8. The quantitative estimate of drug-likeness (QED) is 0.0260.